The fourth-order valence-electron chi connectivity index (χ4n) is 2.51. The van der Waals surface area contributed by atoms with Crippen LogP contribution in [0.25, 0.3) is 0 Å². The van der Waals surface area contributed by atoms with E-state index in [1.54, 1.807) is 7.11 Å². The van der Waals surface area contributed by atoms with Crippen molar-refractivity contribution in [1.82, 2.24) is 4.90 Å². The molecule has 1 aliphatic rings. The zero-order chi connectivity index (χ0) is 13.1. The minimum atomic E-state index is -0.433. The summed E-state index contributed by atoms with van der Waals surface area (Å²) in [5, 5.41) is 0. The van der Waals surface area contributed by atoms with Crippen LogP contribution < -0.4 is 5.73 Å². The van der Waals surface area contributed by atoms with Gasteiger partial charge in [0.05, 0.1) is 12.6 Å². The molecule has 2 atom stereocenters. The molecule has 5 heteroatoms. The molecule has 1 aromatic carbocycles. The smallest absolute Gasteiger partial charge is 0.128 e. The van der Waals surface area contributed by atoms with Gasteiger partial charge in [0.1, 0.15) is 11.6 Å². The fourth-order valence-corrected chi connectivity index (χ4v) is 2.51. The Morgan fingerprint density at radius 2 is 2.22 bits per heavy atom. The van der Waals surface area contributed by atoms with Crippen LogP contribution in [0.1, 0.15) is 18.0 Å². The molecule has 0 amide bonds. The maximum absolute atomic E-state index is 13.8. The van der Waals surface area contributed by atoms with Gasteiger partial charge in [0, 0.05) is 31.8 Å². The van der Waals surface area contributed by atoms with E-state index in [9.17, 15) is 8.78 Å². The predicted octanol–water partition coefficient (Wildman–Crippen LogP) is 1.69. The Morgan fingerprint density at radius 3 is 2.94 bits per heavy atom. The van der Waals surface area contributed by atoms with Gasteiger partial charge in [-0.15, -0.1) is 0 Å². The second-order valence-electron chi connectivity index (χ2n) is 4.59. The quantitative estimate of drug-likeness (QED) is 0.891. The summed E-state index contributed by atoms with van der Waals surface area (Å²) in [6.45, 7) is 2.01. The van der Waals surface area contributed by atoms with Crippen LogP contribution >= 0.6 is 0 Å². The predicted molar refractivity (Wildman–Crippen MR) is 65.1 cm³/mol. The molecule has 2 unspecified atom stereocenters. The summed E-state index contributed by atoms with van der Waals surface area (Å²) in [5.74, 6) is -0.835. The summed E-state index contributed by atoms with van der Waals surface area (Å²) in [5.41, 5.74) is 6.36. The third-order valence-electron chi connectivity index (χ3n) is 3.41. The lowest BCUT2D eigenvalue weighted by Gasteiger charge is -2.27. The topological polar surface area (TPSA) is 38.5 Å². The molecule has 18 heavy (non-hydrogen) atoms. The highest BCUT2D eigenvalue weighted by Gasteiger charge is 2.34. The van der Waals surface area contributed by atoms with E-state index in [1.165, 1.54) is 6.07 Å². The van der Waals surface area contributed by atoms with Crippen molar-refractivity contribution in [3.8, 4) is 0 Å². The average molecular weight is 256 g/mol. The SMILES string of the molecule is COCCN1CCC(N)C1c1cc(F)ccc1F. The molecule has 1 aliphatic heterocycles. The molecule has 2 N–H and O–H groups in total. The molecule has 1 aromatic rings. The van der Waals surface area contributed by atoms with Crippen LogP contribution in [0.2, 0.25) is 0 Å². The first-order chi connectivity index (χ1) is 8.63. The molecule has 100 valence electrons. The summed E-state index contributed by atoms with van der Waals surface area (Å²) in [6.07, 6.45) is 0.782. The molecular formula is C13H18F2N2O. The number of benzene rings is 1. The third kappa shape index (κ3) is 2.68. The van der Waals surface area contributed by atoms with Crippen molar-refractivity contribution in [2.24, 2.45) is 5.73 Å². The Bertz CT molecular complexity index is 414. The molecule has 1 saturated heterocycles. The molecule has 3 nitrogen and oxygen atoms in total. The highest BCUT2D eigenvalue weighted by atomic mass is 19.1. The maximum Gasteiger partial charge on any atom is 0.128 e. The van der Waals surface area contributed by atoms with Gasteiger partial charge in [-0.05, 0) is 24.6 Å². The van der Waals surface area contributed by atoms with Crippen molar-refractivity contribution in [2.45, 2.75) is 18.5 Å². The van der Waals surface area contributed by atoms with E-state index in [1.807, 2.05) is 4.90 Å². The van der Waals surface area contributed by atoms with E-state index in [2.05, 4.69) is 0 Å². The molecule has 0 saturated carbocycles. The number of rotatable bonds is 4. The average Bonchev–Trinajstić information content (AvgIpc) is 2.71. The summed E-state index contributed by atoms with van der Waals surface area (Å²) in [7, 11) is 1.62. The van der Waals surface area contributed by atoms with E-state index in [-0.39, 0.29) is 12.1 Å². The lowest BCUT2D eigenvalue weighted by molar-refractivity contribution is 0.137. The first-order valence-electron chi connectivity index (χ1n) is 6.07. The van der Waals surface area contributed by atoms with Crippen molar-refractivity contribution < 1.29 is 13.5 Å². The number of likely N-dealkylation sites (tertiary alicyclic amines) is 1. The molecular weight excluding hydrogens is 238 g/mol. The molecule has 0 spiro atoms. The van der Waals surface area contributed by atoms with Gasteiger partial charge >= 0.3 is 0 Å². The highest BCUT2D eigenvalue weighted by Crippen LogP contribution is 2.32. The number of ether oxygens (including phenoxy) is 1. The summed E-state index contributed by atoms with van der Waals surface area (Å²) in [4.78, 5) is 2.05. The van der Waals surface area contributed by atoms with Crippen LogP contribution in [0.3, 0.4) is 0 Å². The van der Waals surface area contributed by atoms with Crippen LogP contribution in [-0.2, 0) is 4.74 Å². The molecule has 0 bridgehead atoms. The minimum absolute atomic E-state index is 0.168. The Hall–Kier alpha value is -1.04. The molecule has 0 aliphatic carbocycles. The number of hydrogen-bond donors (Lipinski definition) is 1. The number of nitrogens with zero attached hydrogens (tertiary/aromatic N) is 1. The van der Waals surface area contributed by atoms with Gasteiger partial charge in [0.25, 0.3) is 0 Å². The normalized spacial score (nSPS) is 24.7. The van der Waals surface area contributed by atoms with Crippen LogP contribution in [-0.4, -0.2) is 37.7 Å². The lowest BCUT2D eigenvalue weighted by Crippen LogP contribution is -2.34. The monoisotopic (exact) mass is 256 g/mol. The lowest BCUT2D eigenvalue weighted by atomic mass is 10.00. The zero-order valence-electron chi connectivity index (χ0n) is 10.4. The Labute approximate surface area is 106 Å². The molecule has 1 heterocycles. The van der Waals surface area contributed by atoms with E-state index >= 15 is 0 Å². The van der Waals surface area contributed by atoms with Crippen molar-refractivity contribution in [3.63, 3.8) is 0 Å². The van der Waals surface area contributed by atoms with E-state index in [0.717, 1.165) is 25.1 Å². The highest BCUT2D eigenvalue weighted by molar-refractivity contribution is 5.25. The van der Waals surface area contributed by atoms with Gasteiger partial charge in [-0.2, -0.15) is 0 Å². The van der Waals surface area contributed by atoms with Crippen molar-refractivity contribution >= 4 is 0 Å². The van der Waals surface area contributed by atoms with E-state index in [4.69, 9.17) is 10.5 Å². The summed E-state index contributed by atoms with van der Waals surface area (Å²) < 4.78 is 32.1. The maximum atomic E-state index is 13.8. The minimum Gasteiger partial charge on any atom is -0.383 e. The summed E-state index contributed by atoms with van der Waals surface area (Å²) in [6, 6.07) is 3.09. The zero-order valence-corrected chi connectivity index (χ0v) is 10.4. The van der Waals surface area contributed by atoms with Crippen LogP contribution in [0.5, 0.6) is 0 Å². The standard InChI is InChI=1S/C13H18F2N2O/c1-18-7-6-17-5-4-12(16)13(17)10-8-9(14)2-3-11(10)15/h2-3,8,12-13H,4-7,16H2,1H3. The molecule has 2 rings (SSSR count). The Morgan fingerprint density at radius 1 is 1.44 bits per heavy atom. The largest absolute Gasteiger partial charge is 0.383 e. The second-order valence-corrected chi connectivity index (χ2v) is 4.59. The number of hydrogen-bond acceptors (Lipinski definition) is 3. The number of halogens is 2. The van der Waals surface area contributed by atoms with Crippen molar-refractivity contribution in [2.75, 3.05) is 26.8 Å². The number of methoxy groups -OCH3 is 1. The van der Waals surface area contributed by atoms with Gasteiger partial charge in [-0.25, -0.2) is 8.78 Å². The first kappa shape index (κ1) is 13.4. The van der Waals surface area contributed by atoms with E-state index in [0.29, 0.717) is 18.7 Å². The molecule has 0 aromatic heterocycles. The van der Waals surface area contributed by atoms with Gasteiger partial charge in [0.15, 0.2) is 0 Å². The van der Waals surface area contributed by atoms with Crippen LogP contribution in [0.15, 0.2) is 18.2 Å². The number of nitrogens with two attached hydrogens (primary N) is 1. The van der Waals surface area contributed by atoms with Crippen molar-refractivity contribution in [3.05, 3.63) is 35.4 Å². The van der Waals surface area contributed by atoms with Gasteiger partial charge in [-0.1, -0.05) is 0 Å². The Kier molecular flexibility index (Phi) is 4.27. The Balaban J connectivity index is 2.24. The third-order valence-corrected chi connectivity index (χ3v) is 3.41. The molecule has 0 radical (unpaired) electrons. The van der Waals surface area contributed by atoms with Gasteiger partial charge in [-0.3, -0.25) is 4.90 Å². The van der Waals surface area contributed by atoms with Crippen LogP contribution in [0.4, 0.5) is 8.78 Å². The van der Waals surface area contributed by atoms with Gasteiger partial charge in [0.2, 0.25) is 0 Å². The summed E-state index contributed by atoms with van der Waals surface area (Å²) >= 11 is 0. The van der Waals surface area contributed by atoms with Crippen LogP contribution in [0, 0.1) is 11.6 Å². The van der Waals surface area contributed by atoms with Crippen molar-refractivity contribution in [1.29, 1.82) is 0 Å². The fraction of sp³-hybridized carbons (Fsp3) is 0.538. The van der Waals surface area contributed by atoms with Gasteiger partial charge < -0.3 is 10.5 Å². The first-order valence-corrected chi connectivity index (χ1v) is 6.07. The second kappa shape index (κ2) is 5.73. The molecule has 1 fully saturated rings. The van der Waals surface area contributed by atoms with E-state index < -0.39 is 11.6 Å².